The minimum atomic E-state index is 0.805. The minimum Gasteiger partial charge on any atom is -0.306 e. The zero-order chi connectivity index (χ0) is 31.2. The Bertz CT molecular complexity index is 2560. The number of rotatable bonds is 5. The van der Waals surface area contributed by atoms with Crippen molar-refractivity contribution < 1.29 is 0 Å². The molecule has 3 aromatic carbocycles. The highest BCUT2D eigenvalue weighted by molar-refractivity contribution is 6.16. The molecule has 0 amide bonds. The second kappa shape index (κ2) is 11.1. The Balaban J connectivity index is 1.12. The van der Waals surface area contributed by atoms with Crippen LogP contribution in [0.5, 0.6) is 0 Å². The fraction of sp³-hybridized carbons (Fsp3) is 0. The molecule has 0 saturated heterocycles. The van der Waals surface area contributed by atoms with Crippen LogP contribution in [0.4, 0.5) is 0 Å². The average molecular weight is 603 g/mol. The fourth-order valence-corrected chi connectivity index (χ4v) is 6.22. The molecule has 0 radical (unpaired) electrons. The Kier molecular flexibility index (Phi) is 6.35. The number of imidazole rings is 1. The highest BCUT2D eigenvalue weighted by Crippen LogP contribution is 2.36. The molecular formula is C41H26N6. The summed E-state index contributed by atoms with van der Waals surface area (Å²) in [5, 5.41) is 3.24. The first-order valence-electron chi connectivity index (χ1n) is 15.5. The van der Waals surface area contributed by atoms with Crippen molar-refractivity contribution in [2.45, 2.75) is 0 Å². The van der Waals surface area contributed by atoms with Gasteiger partial charge in [0.05, 0.1) is 45.4 Å². The van der Waals surface area contributed by atoms with Gasteiger partial charge in [-0.25, -0.2) is 19.9 Å². The second-order valence-electron chi connectivity index (χ2n) is 11.4. The predicted octanol–water partition coefficient (Wildman–Crippen LogP) is 9.56. The van der Waals surface area contributed by atoms with Gasteiger partial charge in [-0.15, -0.1) is 0 Å². The number of fused-ring (bicyclic) bond motifs is 5. The fourth-order valence-electron chi connectivity index (χ4n) is 6.22. The quantitative estimate of drug-likeness (QED) is 0.184. The normalized spacial score (nSPS) is 11.4. The van der Waals surface area contributed by atoms with Crippen molar-refractivity contribution in [3.8, 4) is 56.5 Å². The van der Waals surface area contributed by atoms with E-state index in [1.807, 2.05) is 78.9 Å². The Morgan fingerprint density at radius 2 is 1.04 bits per heavy atom. The van der Waals surface area contributed by atoms with Gasteiger partial charge in [-0.1, -0.05) is 91.0 Å². The molecule has 6 aromatic heterocycles. The third kappa shape index (κ3) is 4.80. The highest BCUT2D eigenvalue weighted by Gasteiger charge is 2.16. The second-order valence-corrected chi connectivity index (χ2v) is 11.4. The number of hydrogen-bond acceptors (Lipinski definition) is 5. The van der Waals surface area contributed by atoms with Gasteiger partial charge in [-0.3, -0.25) is 4.98 Å². The molecule has 0 bridgehead atoms. The molecule has 6 heteroatoms. The molecule has 0 unspecified atom stereocenters. The topological polar surface area (TPSA) is 68.9 Å². The summed E-state index contributed by atoms with van der Waals surface area (Å²) in [7, 11) is 0. The number of benzene rings is 3. The SMILES string of the molecule is c1ccc(-c2cn3ccc4c(-c5ccc(-c6cccc(-c7cccc(-c8ccccn8)n7)n6)cc5)nc5ccccc5c4c3n2)cc1. The summed E-state index contributed by atoms with van der Waals surface area (Å²) in [5.74, 6) is 0. The Morgan fingerprint density at radius 3 is 1.83 bits per heavy atom. The van der Waals surface area contributed by atoms with Gasteiger partial charge in [-0.05, 0) is 48.5 Å². The number of para-hydroxylation sites is 1. The van der Waals surface area contributed by atoms with Gasteiger partial charge in [0.1, 0.15) is 5.65 Å². The molecule has 0 atom stereocenters. The maximum atomic E-state index is 5.17. The van der Waals surface area contributed by atoms with Gasteiger partial charge < -0.3 is 4.40 Å². The van der Waals surface area contributed by atoms with E-state index in [4.69, 9.17) is 19.9 Å². The monoisotopic (exact) mass is 602 g/mol. The van der Waals surface area contributed by atoms with Crippen LogP contribution in [0.3, 0.4) is 0 Å². The van der Waals surface area contributed by atoms with E-state index < -0.39 is 0 Å². The van der Waals surface area contributed by atoms with Crippen LogP contribution in [-0.4, -0.2) is 29.3 Å². The van der Waals surface area contributed by atoms with Crippen LogP contribution in [0.2, 0.25) is 0 Å². The lowest BCUT2D eigenvalue weighted by molar-refractivity contribution is 1.20. The van der Waals surface area contributed by atoms with Crippen molar-refractivity contribution in [1.29, 1.82) is 0 Å². The van der Waals surface area contributed by atoms with Crippen LogP contribution >= 0.6 is 0 Å². The maximum Gasteiger partial charge on any atom is 0.146 e. The van der Waals surface area contributed by atoms with Gasteiger partial charge >= 0.3 is 0 Å². The molecule has 0 aliphatic carbocycles. The van der Waals surface area contributed by atoms with Gasteiger partial charge in [0.15, 0.2) is 0 Å². The Labute approximate surface area is 270 Å². The van der Waals surface area contributed by atoms with E-state index in [0.717, 1.165) is 83.9 Å². The van der Waals surface area contributed by atoms with Crippen molar-refractivity contribution in [2.75, 3.05) is 0 Å². The smallest absolute Gasteiger partial charge is 0.146 e. The van der Waals surface area contributed by atoms with E-state index in [2.05, 4.69) is 82.4 Å². The lowest BCUT2D eigenvalue weighted by atomic mass is 9.99. The first-order valence-corrected chi connectivity index (χ1v) is 15.5. The third-order valence-electron chi connectivity index (χ3n) is 8.50. The lowest BCUT2D eigenvalue weighted by Gasteiger charge is -2.12. The molecule has 6 nitrogen and oxygen atoms in total. The lowest BCUT2D eigenvalue weighted by Crippen LogP contribution is -1.94. The number of aromatic nitrogens is 6. The van der Waals surface area contributed by atoms with Crippen molar-refractivity contribution in [3.05, 3.63) is 158 Å². The summed E-state index contributed by atoms with van der Waals surface area (Å²) in [6, 6.07) is 47.1. The molecule has 0 fully saturated rings. The molecule has 9 aromatic rings. The molecular weight excluding hydrogens is 576 g/mol. The molecule has 47 heavy (non-hydrogen) atoms. The minimum absolute atomic E-state index is 0.805. The first kappa shape index (κ1) is 26.8. The predicted molar refractivity (Wildman–Crippen MR) is 189 cm³/mol. The summed E-state index contributed by atoms with van der Waals surface area (Å²) in [6.45, 7) is 0. The maximum absolute atomic E-state index is 5.17. The van der Waals surface area contributed by atoms with Crippen LogP contribution < -0.4 is 0 Å². The largest absolute Gasteiger partial charge is 0.306 e. The molecule has 0 N–H and O–H groups in total. The molecule has 220 valence electrons. The molecule has 9 rings (SSSR count). The third-order valence-corrected chi connectivity index (χ3v) is 8.50. The summed E-state index contributed by atoms with van der Waals surface area (Å²) in [6.07, 6.45) is 5.96. The standard InChI is InChI=1S/C41H26N6/c1-2-10-27(11-3-1)38-26-47-25-23-31-39(41(47)46-38)30-12-4-5-13-33(30)45-40(31)29-21-19-28(20-22-29)32-15-8-17-36(43-32)37-18-9-16-35(44-37)34-14-6-7-24-42-34/h1-26H. The van der Waals surface area contributed by atoms with Crippen LogP contribution in [0.1, 0.15) is 0 Å². The summed E-state index contributed by atoms with van der Waals surface area (Å²) in [5.41, 5.74) is 11.0. The van der Waals surface area contributed by atoms with Crippen molar-refractivity contribution in [1.82, 2.24) is 29.3 Å². The van der Waals surface area contributed by atoms with E-state index in [1.165, 1.54) is 0 Å². The molecule has 0 aliphatic rings. The van der Waals surface area contributed by atoms with E-state index >= 15 is 0 Å². The van der Waals surface area contributed by atoms with Crippen molar-refractivity contribution in [3.63, 3.8) is 0 Å². The van der Waals surface area contributed by atoms with Crippen molar-refractivity contribution >= 4 is 27.3 Å². The highest BCUT2D eigenvalue weighted by atomic mass is 15.0. The zero-order valence-electron chi connectivity index (χ0n) is 25.2. The van der Waals surface area contributed by atoms with Crippen LogP contribution in [0.25, 0.3) is 83.9 Å². The van der Waals surface area contributed by atoms with Crippen molar-refractivity contribution in [2.24, 2.45) is 0 Å². The van der Waals surface area contributed by atoms with E-state index in [-0.39, 0.29) is 0 Å². The Morgan fingerprint density at radius 1 is 0.404 bits per heavy atom. The first-order chi connectivity index (χ1) is 23.3. The van der Waals surface area contributed by atoms with Crippen LogP contribution in [0.15, 0.2) is 158 Å². The van der Waals surface area contributed by atoms with Gasteiger partial charge in [0.2, 0.25) is 0 Å². The van der Waals surface area contributed by atoms with Gasteiger partial charge in [0.25, 0.3) is 0 Å². The van der Waals surface area contributed by atoms with Crippen LogP contribution in [0, 0.1) is 0 Å². The number of nitrogens with zero attached hydrogens (tertiary/aromatic N) is 6. The summed E-state index contributed by atoms with van der Waals surface area (Å²) < 4.78 is 2.11. The Hall–Kier alpha value is -6.53. The zero-order valence-corrected chi connectivity index (χ0v) is 25.2. The van der Waals surface area contributed by atoms with E-state index in [0.29, 0.717) is 0 Å². The van der Waals surface area contributed by atoms with Gasteiger partial charge in [0, 0.05) is 51.4 Å². The average Bonchev–Trinajstić information content (AvgIpc) is 3.60. The molecule has 0 spiro atoms. The van der Waals surface area contributed by atoms with E-state index in [1.54, 1.807) is 6.20 Å². The molecule has 0 saturated carbocycles. The van der Waals surface area contributed by atoms with E-state index in [9.17, 15) is 0 Å². The summed E-state index contributed by atoms with van der Waals surface area (Å²) >= 11 is 0. The number of pyridine rings is 5. The number of hydrogen-bond donors (Lipinski definition) is 0. The molecule has 6 heterocycles. The van der Waals surface area contributed by atoms with Gasteiger partial charge in [-0.2, -0.15) is 0 Å². The van der Waals surface area contributed by atoms with Crippen LogP contribution in [-0.2, 0) is 0 Å². The molecule has 0 aliphatic heterocycles. The summed E-state index contributed by atoms with van der Waals surface area (Å²) in [4.78, 5) is 24.6.